The SMILES string of the molecule is C#CCCC1(CCC(=O)Nc2cccc(Nc3cnn(C)c3)c2)N=N1. The minimum Gasteiger partial charge on any atom is -0.353 e. The molecule has 0 saturated heterocycles. The zero-order valence-electron chi connectivity index (χ0n) is 14.1. The molecule has 7 heteroatoms. The molecule has 2 N–H and O–H groups in total. The van der Waals surface area contributed by atoms with Gasteiger partial charge in [-0.15, -0.1) is 12.3 Å². The molecule has 7 nitrogen and oxygen atoms in total. The molecule has 1 amide bonds. The van der Waals surface area contributed by atoms with E-state index in [1.165, 1.54) is 0 Å². The second kappa shape index (κ2) is 7.18. The van der Waals surface area contributed by atoms with Crippen LogP contribution in [0.1, 0.15) is 25.7 Å². The maximum atomic E-state index is 12.2. The number of benzene rings is 1. The summed E-state index contributed by atoms with van der Waals surface area (Å²) in [5.41, 5.74) is 2.08. The largest absolute Gasteiger partial charge is 0.353 e. The van der Waals surface area contributed by atoms with Gasteiger partial charge in [0.05, 0.1) is 11.9 Å². The van der Waals surface area contributed by atoms with Gasteiger partial charge in [-0.05, 0) is 18.2 Å². The average Bonchev–Trinajstić information content (AvgIpc) is 3.26. The third kappa shape index (κ3) is 4.67. The van der Waals surface area contributed by atoms with Gasteiger partial charge in [0.25, 0.3) is 0 Å². The monoisotopic (exact) mass is 336 g/mol. The summed E-state index contributed by atoms with van der Waals surface area (Å²) in [6, 6.07) is 7.55. The van der Waals surface area contributed by atoms with Crippen LogP contribution >= 0.6 is 0 Å². The number of anilines is 3. The molecule has 0 radical (unpaired) electrons. The highest BCUT2D eigenvalue weighted by molar-refractivity contribution is 5.91. The van der Waals surface area contributed by atoms with Gasteiger partial charge < -0.3 is 10.6 Å². The smallest absolute Gasteiger partial charge is 0.224 e. The lowest BCUT2D eigenvalue weighted by Gasteiger charge is -2.10. The fourth-order valence-electron chi connectivity index (χ4n) is 2.53. The van der Waals surface area contributed by atoms with Crippen LogP contribution < -0.4 is 10.6 Å². The molecule has 0 fully saturated rings. The first-order chi connectivity index (χ1) is 12.1. The predicted octanol–water partition coefficient (Wildman–Crippen LogP) is 3.46. The van der Waals surface area contributed by atoms with E-state index in [1.54, 1.807) is 10.9 Å². The van der Waals surface area contributed by atoms with Crippen molar-refractivity contribution < 1.29 is 4.79 Å². The molecule has 1 aromatic heterocycles. The number of aromatic nitrogens is 2. The summed E-state index contributed by atoms with van der Waals surface area (Å²) in [5.74, 6) is 2.53. The van der Waals surface area contributed by atoms with Crippen LogP contribution in [0.3, 0.4) is 0 Å². The lowest BCUT2D eigenvalue weighted by molar-refractivity contribution is -0.116. The summed E-state index contributed by atoms with van der Waals surface area (Å²) in [4.78, 5) is 12.2. The Hall–Kier alpha value is -3.14. The lowest BCUT2D eigenvalue weighted by Crippen LogP contribution is -2.17. The number of hydrogen-bond donors (Lipinski definition) is 2. The van der Waals surface area contributed by atoms with E-state index in [0.717, 1.165) is 17.1 Å². The third-order valence-electron chi connectivity index (χ3n) is 3.94. The number of rotatable bonds is 8. The Balaban J connectivity index is 1.51. The summed E-state index contributed by atoms with van der Waals surface area (Å²) in [7, 11) is 1.86. The Morgan fingerprint density at radius 1 is 1.28 bits per heavy atom. The summed E-state index contributed by atoms with van der Waals surface area (Å²) in [6.07, 6.45) is 11.2. The van der Waals surface area contributed by atoms with E-state index in [9.17, 15) is 4.79 Å². The Morgan fingerprint density at radius 2 is 2.08 bits per heavy atom. The molecule has 0 unspecified atom stereocenters. The zero-order chi connectivity index (χ0) is 17.7. The van der Waals surface area contributed by atoms with Crippen LogP contribution in [0.2, 0.25) is 0 Å². The Morgan fingerprint density at radius 3 is 2.76 bits per heavy atom. The Kier molecular flexibility index (Phi) is 4.80. The molecule has 25 heavy (non-hydrogen) atoms. The number of carbonyl (C=O) groups excluding carboxylic acids is 1. The van der Waals surface area contributed by atoms with Crippen molar-refractivity contribution in [1.29, 1.82) is 0 Å². The van der Waals surface area contributed by atoms with Gasteiger partial charge in [-0.25, -0.2) is 0 Å². The van der Waals surface area contributed by atoms with Crippen LogP contribution in [0.5, 0.6) is 0 Å². The molecule has 1 aliphatic rings. The van der Waals surface area contributed by atoms with Crippen LogP contribution in [0.4, 0.5) is 17.1 Å². The molecule has 0 spiro atoms. The van der Waals surface area contributed by atoms with Crippen molar-refractivity contribution in [1.82, 2.24) is 9.78 Å². The summed E-state index contributed by atoms with van der Waals surface area (Å²) >= 11 is 0. The first-order valence-electron chi connectivity index (χ1n) is 8.12. The van der Waals surface area contributed by atoms with E-state index in [2.05, 4.69) is 31.9 Å². The van der Waals surface area contributed by atoms with E-state index in [1.807, 2.05) is 37.5 Å². The molecule has 3 rings (SSSR count). The van der Waals surface area contributed by atoms with Crippen molar-refractivity contribution >= 4 is 23.0 Å². The minimum atomic E-state index is -0.423. The van der Waals surface area contributed by atoms with Crippen LogP contribution in [-0.2, 0) is 11.8 Å². The van der Waals surface area contributed by atoms with Crippen LogP contribution in [0.15, 0.2) is 46.9 Å². The van der Waals surface area contributed by atoms with Crippen LogP contribution in [0.25, 0.3) is 0 Å². The van der Waals surface area contributed by atoms with E-state index < -0.39 is 5.66 Å². The van der Waals surface area contributed by atoms with Gasteiger partial charge in [0.15, 0.2) is 5.66 Å². The number of amides is 1. The maximum Gasteiger partial charge on any atom is 0.224 e. The molecule has 2 aromatic rings. The molecule has 1 aromatic carbocycles. The molecule has 1 aliphatic heterocycles. The normalized spacial score (nSPS) is 13.9. The molecule has 0 atom stereocenters. The molecule has 0 aliphatic carbocycles. The van der Waals surface area contributed by atoms with Crippen molar-refractivity contribution in [3.05, 3.63) is 36.7 Å². The molecular weight excluding hydrogens is 316 g/mol. The van der Waals surface area contributed by atoms with Gasteiger partial charge in [0.2, 0.25) is 5.91 Å². The zero-order valence-corrected chi connectivity index (χ0v) is 14.1. The molecule has 2 heterocycles. The minimum absolute atomic E-state index is 0.0593. The van der Waals surface area contributed by atoms with Crippen molar-refractivity contribution in [3.8, 4) is 12.3 Å². The van der Waals surface area contributed by atoms with Crippen LogP contribution in [-0.4, -0.2) is 21.4 Å². The second-order valence-electron chi connectivity index (χ2n) is 6.04. The topological polar surface area (TPSA) is 83.7 Å². The Bertz CT molecular complexity index is 826. The number of hydrogen-bond acceptors (Lipinski definition) is 5. The number of carbonyl (C=O) groups is 1. The van der Waals surface area contributed by atoms with E-state index in [-0.39, 0.29) is 5.91 Å². The van der Waals surface area contributed by atoms with E-state index in [0.29, 0.717) is 25.7 Å². The number of aryl methyl sites for hydroxylation is 1. The summed E-state index contributed by atoms with van der Waals surface area (Å²) in [5, 5.41) is 18.4. The van der Waals surface area contributed by atoms with Crippen molar-refractivity contribution in [2.45, 2.75) is 31.3 Å². The van der Waals surface area contributed by atoms with E-state index in [4.69, 9.17) is 6.42 Å². The van der Waals surface area contributed by atoms with Gasteiger partial charge in [0.1, 0.15) is 0 Å². The first-order valence-corrected chi connectivity index (χ1v) is 8.12. The summed E-state index contributed by atoms with van der Waals surface area (Å²) in [6.45, 7) is 0. The number of nitrogens with one attached hydrogen (secondary N) is 2. The van der Waals surface area contributed by atoms with Crippen molar-refractivity contribution in [2.75, 3.05) is 10.6 Å². The standard InChI is InChI=1S/C18H20N6O/c1-3-4-9-18(22-23-18)10-8-17(25)21-15-7-5-6-14(11-15)20-16-12-19-24(2)13-16/h1,5-7,11-13,20H,4,8-10H2,2H3,(H,21,25). The van der Waals surface area contributed by atoms with Gasteiger partial charge in [-0.1, -0.05) is 6.07 Å². The van der Waals surface area contributed by atoms with Gasteiger partial charge >= 0.3 is 0 Å². The number of nitrogens with zero attached hydrogens (tertiary/aromatic N) is 4. The van der Waals surface area contributed by atoms with Gasteiger partial charge in [-0.3, -0.25) is 9.48 Å². The Labute approximate surface area is 146 Å². The van der Waals surface area contributed by atoms with Crippen molar-refractivity contribution in [2.24, 2.45) is 17.3 Å². The first kappa shape index (κ1) is 16.7. The van der Waals surface area contributed by atoms with E-state index >= 15 is 0 Å². The predicted molar refractivity (Wildman–Crippen MR) is 96.5 cm³/mol. The highest BCUT2D eigenvalue weighted by Gasteiger charge is 2.39. The highest BCUT2D eigenvalue weighted by Crippen LogP contribution is 2.37. The fraction of sp³-hybridized carbons (Fsp3) is 0.333. The van der Waals surface area contributed by atoms with Crippen molar-refractivity contribution in [3.63, 3.8) is 0 Å². The third-order valence-corrected chi connectivity index (χ3v) is 3.94. The molecule has 0 bridgehead atoms. The molecule has 128 valence electrons. The average molecular weight is 336 g/mol. The highest BCUT2D eigenvalue weighted by atomic mass is 16.1. The lowest BCUT2D eigenvalue weighted by atomic mass is 10.0. The number of terminal acetylenes is 1. The summed E-state index contributed by atoms with van der Waals surface area (Å²) < 4.78 is 1.72. The van der Waals surface area contributed by atoms with Gasteiger partial charge in [-0.2, -0.15) is 15.3 Å². The second-order valence-corrected chi connectivity index (χ2v) is 6.04. The molecular formula is C18H20N6O. The van der Waals surface area contributed by atoms with Crippen LogP contribution in [0, 0.1) is 12.3 Å². The fourth-order valence-corrected chi connectivity index (χ4v) is 2.53. The van der Waals surface area contributed by atoms with Gasteiger partial charge in [0, 0.05) is 50.3 Å². The quantitative estimate of drug-likeness (QED) is 0.724. The maximum absolute atomic E-state index is 12.2. The molecule has 0 saturated carbocycles.